The Morgan fingerprint density at radius 2 is 1.46 bits per heavy atom. The summed E-state index contributed by atoms with van der Waals surface area (Å²) >= 11 is 12.1. The number of likely N-dealkylation sites (N-methyl/N-ethyl adjacent to an activating group) is 1. The Kier molecular flexibility index (Phi) is 11.2. The van der Waals surface area contributed by atoms with Crippen molar-refractivity contribution in [3.63, 3.8) is 0 Å². The number of ether oxygens (including phenoxy) is 2. The number of fused-ring (bicyclic) bond motifs is 1. The Morgan fingerprint density at radius 1 is 0.840 bits per heavy atom. The number of nitrogens with zero attached hydrogens (tertiary/aromatic N) is 6. The largest absolute Gasteiger partial charge is 0.480 e. The molecule has 2 aromatic heterocycles. The fourth-order valence-corrected chi connectivity index (χ4v) is 6.75. The molecule has 2 amide bonds. The van der Waals surface area contributed by atoms with Crippen LogP contribution in [-0.2, 0) is 24.3 Å². The van der Waals surface area contributed by atoms with Gasteiger partial charge in [-0.05, 0) is 96.1 Å². The van der Waals surface area contributed by atoms with Crippen molar-refractivity contribution in [1.82, 2.24) is 19.7 Å². The van der Waals surface area contributed by atoms with Gasteiger partial charge in [0.2, 0.25) is 0 Å². The number of anilines is 2. The van der Waals surface area contributed by atoms with Gasteiger partial charge in [-0.2, -0.15) is 0 Å². The highest BCUT2D eigenvalue weighted by Gasteiger charge is 2.29. The topological polar surface area (TPSA) is 164 Å². The van der Waals surface area contributed by atoms with Gasteiger partial charge < -0.3 is 19.5 Å². The summed E-state index contributed by atoms with van der Waals surface area (Å²) in [6.07, 6.45) is 0.451. The zero-order valence-corrected chi connectivity index (χ0v) is 30.9. The third-order valence-corrected chi connectivity index (χ3v) is 8.99. The first-order valence-corrected chi connectivity index (χ1v) is 17.4. The average Bonchev–Trinajstić information content (AvgIpc) is 3.41. The lowest BCUT2D eigenvalue weighted by atomic mass is 10.2. The summed E-state index contributed by atoms with van der Waals surface area (Å²) in [5.41, 5.74) is -0.788. The summed E-state index contributed by atoms with van der Waals surface area (Å²) in [7, 11) is -2.82. The fraction of sp³-hybridized carbons (Fsp3) is 0.364. The summed E-state index contributed by atoms with van der Waals surface area (Å²) in [5.74, 6) is -0.822. The maximum Gasteiger partial charge on any atom is 0.416 e. The summed E-state index contributed by atoms with van der Waals surface area (Å²) in [5, 5.41) is 18.9. The van der Waals surface area contributed by atoms with Crippen molar-refractivity contribution in [2.75, 3.05) is 35.9 Å². The van der Waals surface area contributed by atoms with E-state index in [1.54, 1.807) is 83.6 Å². The zero-order chi connectivity index (χ0) is 37.2. The highest BCUT2D eigenvalue weighted by atomic mass is 35.5. The number of sulfonamides is 1. The Balaban J connectivity index is 1.63. The molecule has 14 nitrogen and oxygen atoms in total. The number of carboxylic acids is 1. The molecule has 4 aromatic rings. The minimum atomic E-state index is -4.38. The molecule has 0 radical (unpaired) electrons. The molecule has 0 aliphatic carbocycles. The summed E-state index contributed by atoms with van der Waals surface area (Å²) in [6, 6.07) is 13.3. The van der Waals surface area contributed by atoms with E-state index < -0.39 is 45.9 Å². The quantitative estimate of drug-likeness (QED) is 0.186. The third-order valence-electron chi connectivity index (χ3n) is 6.80. The van der Waals surface area contributed by atoms with Gasteiger partial charge in [0.1, 0.15) is 17.7 Å². The number of halogens is 2. The molecule has 0 bridgehead atoms. The second-order valence-corrected chi connectivity index (χ2v) is 16.0. The van der Waals surface area contributed by atoms with Crippen LogP contribution in [0.5, 0.6) is 0 Å². The van der Waals surface area contributed by atoms with Gasteiger partial charge in [0.15, 0.2) is 11.6 Å². The van der Waals surface area contributed by atoms with Gasteiger partial charge in [-0.15, -0.1) is 10.2 Å². The van der Waals surface area contributed by atoms with E-state index >= 15 is 0 Å². The maximum atomic E-state index is 13.6. The van der Waals surface area contributed by atoms with Crippen LogP contribution in [0.2, 0.25) is 10.0 Å². The van der Waals surface area contributed by atoms with Gasteiger partial charge in [-0.25, -0.2) is 18.0 Å². The number of aliphatic carboxylic acids is 1. The Labute approximate surface area is 300 Å². The minimum absolute atomic E-state index is 0.0328. The molecule has 50 heavy (non-hydrogen) atoms. The molecule has 0 aliphatic rings. The van der Waals surface area contributed by atoms with Gasteiger partial charge in [0, 0.05) is 41.8 Å². The number of carboxylic acid groups (broad SMARTS) is 1. The molecule has 0 saturated heterocycles. The van der Waals surface area contributed by atoms with E-state index in [1.807, 2.05) is 0 Å². The molecule has 0 atom stereocenters. The van der Waals surface area contributed by atoms with Crippen molar-refractivity contribution in [2.45, 2.75) is 57.6 Å². The fourth-order valence-electron chi connectivity index (χ4n) is 4.62. The number of benzene rings is 2. The molecule has 2 heterocycles. The van der Waals surface area contributed by atoms with Crippen LogP contribution in [0.4, 0.5) is 21.1 Å². The molecule has 1 N–H and O–H groups in total. The van der Waals surface area contributed by atoms with Crippen LogP contribution in [0.1, 0.15) is 41.5 Å². The smallest absolute Gasteiger partial charge is 0.416 e. The van der Waals surface area contributed by atoms with Crippen LogP contribution in [0, 0.1) is 0 Å². The van der Waals surface area contributed by atoms with E-state index in [9.17, 15) is 27.9 Å². The van der Waals surface area contributed by atoms with E-state index in [0.717, 1.165) is 4.31 Å². The van der Waals surface area contributed by atoms with Crippen LogP contribution < -0.4 is 9.21 Å². The molecule has 0 spiro atoms. The number of hydrogen-bond donors (Lipinski definition) is 1. The minimum Gasteiger partial charge on any atom is -0.480 e. The van der Waals surface area contributed by atoms with Gasteiger partial charge in [0.25, 0.3) is 10.0 Å². The highest BCUT2D eigenvalue weighted by molar-refractivity contribution is 7.92. The van der Waals surface area contributed by atoms with E-state index in [4.69, 9.17) is 32.7 Å². The monoisotopic (exact) mass is 748 g/mol. The number of hydrogen-bond acceptors (Lipinski definition) is 9. The molecular weight excluding hydrogens is 711 g/mol. The lowest BCUT2D eigenvalue weighted by Crippen LogP contribution is -2.43. The van der Waals surface area contributed by atoms with Crippen LogP contribution in [0.15, 0.2) is 65.7 Å². The lowest BCUT2D eigenvalue weighted by Gasteiger charge is -2.29. The van der Waals surface area contributed by atoms with E-state index in [0.29, 0.717) is 16.7 Å². The third kappa shape index (κ3) is 9.55. The Hall–Kier alpha value is -4.60. The second kappa shape index (κ2) is 14.7. The van der Waals surface area contributed by atoms with Crippen molar-refractivity contribution < 1.29 is 37.4 Å². The predicted molar refractivity (Wildman–Crippen MR) is 190 cm³/mol. The molecule has 268 valence electrons. The van der Waals surface area contributed by atoms with Crippen LogP contribution in [0.3, 0.4) is 0 Å². The van der Waals surface area contributed by atoms with E-state index in [-0.39, 0.29) is 39.5 Å². The predicted octanol–water partition coefficient (Wildman–Crippen LogP) is 6.62. The normalized spacial score (nSPS) is 12.0. The Bertz CT molecular complexity index is 1990. The number of amides is 2. The summed E-state index contributed by atoms with van der Waals surface area (Å²) < 4.78 is 40.6. The van der Waals surface area contributed by atoms with Gasteiger partial charge in [-0.3, -0.25) is 18.6 Å². The van der Waals surface area contributed by atoms with Gasteiger partial charge >= 0.3 is 18.2 Å². The van der Waals surface area contributed by atoms with E-state index in [2.05, 4.69) is 10.2 Å². The zero-order valence-electron chi connectivity index (χ0n) is 28.5. The molecule has 0 unspecified atom stereocenters. The molecule has 0 saturated carbocycles. The molecule has 0 aliphatic heterocycles. The molecular formula is C33H38Cl2N6O8S. The Morgan fingerprint density at radius 3 is 2.02 bits per heavy atom. The average molecular weight is 750 g/mol. The van der Waals surface area contributed by atoms with E-state index in [1.165, 1.54) is 40.1 Å². The summed E-state index contributed by atoms with van der Waals surface area (Å²) in [6.45, 7) is 9.76. The standard InChI is InChI=1S/C33H38Cl2N6O8S/c1-32(2,3)48-30(44)38(7)14-15-40(31(45)49-33(4,5)6)28-11-10-27(36-37-28)39-13-12-21-16-24(8-9-26(21)39)41(20-29(42)43)50(46,47)25-18-22(34)17-23(35)19-25/h8-13,16-19H,14-15,20H2,1-7H3,(H,42,43). The molecule has 17 heteroatoms. The van der Waals surface area contributed by atoms with Gasteiger partial charge in [0.05, 0.1) is 16.1 Å². The van der Waals surface area contributed by atoms with Crippen molar-refractivity contribution in [2.24, 2.45) is 0 Å². The molecule has 4 rings (SSSR count). The van der Waals surface area contributed by atoms with Crippen LogP contribution in [0.25, 0.3) is 16.7 Å². The first-order chi connectivity index (χ1) is 23.1. The first-order valence-electron chi connectivity index (χ1n) is 15.2. The van der Waals surface area contributed by atoms with Crippen molar-refractivity contribution in [3.05, 3.63) is 70.8 Å². The SMILES string of the molecule is CN(CCN(C(=O)OC(C)(C)C)c1ccc(-n2ccc3cc(N(CC(=O)O)S(=O)(=O)c4cc(Cl)cc(Cl)c4)ccc32)nn1)C(=O)OC(C)(C)C. The summed E-state index contributed by atoms with van der Waals surface area (Å²) in [4.78, 5) is 39.8. The first kappa shape index (κ1) is 38.2. The molecule has 0 fully saturated rings. The van der Waals surface area contributed by atoms with Crippen LogP contribution in [-0.4, -0.2) is 89.2 Å². The van der Waals surface area contributed by atoms with Crippen LogP contribution >= 0.6 is 23.2 Å². The van der Waals surface area contributed by atoms with Gasteiger partial charge in [-0.1, -0.05) is 23.2 Å². The lowest BCUT2D eigenvalue weighted by molar-refractivity contribution is -0.135. The van der Waals surface area contributed by atoms with Crippen molar-refractivity contribution in [1.29, 1.82) is 0 Å². The van der Waals surface area contributed by atoms with Crippen molar-refractivity contribution >= 4 is 73.8 Å². The number of aromatic nitrogens is 3. The number of rotatable bonds is 10. The number of carbonyl (C=O) groups is 3. The number of carbonyl (C=O) groups excluding carboxylic acids is 2. The van der Waals surface area contributed by atoms with Crippen molar-refractivity contribution in [3.8, 4) is 5.82 Å². The maximum absolute atomic E-state index is 13.6. The molecule has 2 aromatic carbocycles. The second-order valence-electron chi connectivity index (χ2n) is 13.2. The highest BCUT2D eigenvalue weighted by Crippen LogP contribution is 2.31.